The number of likely N-dealkylation sites (tertiary alicyclic amines) is 1. The standard InChI is InChI=1S/C12H23BrN2O/c1-14-9-5-6-11(10-14)15(2)12(16)7-3-4-8-13/h11H,3-10H2,1-2H3. The topological polar surface area (TPSA) is 23.6 Å². The Kier molecular flexibility index (Phi) is 6.36. The van der Waals surface area contributed by atoms with E-state index in [0.29, 0.717) is 18.4 Å². The summed E-state index contributed by atoms with van der Waals surface area (Å²) in [6, 6.07) is 0.426. The Morgan fingerprint density at radius 2 is 2.25 bits per heavy atom. The second-order valence-electron chi connectivity index (χ2n) is 4.71. The molecule has 0 saturated carbocycles. The van der Waals surface area contributed by atoms with Crippen molar-refractivity contribution >= 4 is 21.8 Å². The van der Waals surface area contributed by atoms with Crippen molar-refractivity contribution in [2.75, 3.05) is 32.5 Å². The third kappa shape index (κ3) is 4.42. The summed E-state index contributed by atoms with van der Waals surface area (Å²) in [4.78, 5) is 16.2. The predicted molar refractivity (Wildman–Crippen MR) is 70.9 cm³/mol. The average Bonchev–Trinajstić information content (AvgIpc) is 2.28. The summed E-state index contributed by atoms with van der Waals surface area (Å²) in [5, 5.41) is 0.996. The van der Waals surface area contributed by atoms with E-state index in [1.807, 2.05) is 11.9 Å². The number of unbranched alkanes of at least 4 members (excludes halogenated alkanes) is 1. The SMILES string of the molecule is CN1CCCC(N(C)C(=O)CCCCBr)C1. The number of rotatable bonds is 5. The zero-order valence-electron chi connectivity index (χ0n) is 10.4. The van der Waals surface area contributed by atoms with Crippen LogP contribution in [0.4, 0.5) is 0 Å². The summed E-state index contributed by atoms with van der Waals surface area (Å²) in [7, 11) is 4.09. The van der Waals surface area contributed by atoms with E-state index in [0.717, 1.165) is 31.1 Å². The number of amides is 1. The number of alkyl halides is 1. The van der Waals surface area contributed by atoms with E-state index in [1.165, 1.54) is 13.0 Å². The number of carbonyl (C=O) groups is 1. The molecule has 16 heavy (non-hydrogen) atoms. The van der Waals surface area contributed by atoms with E-state index in [2.05, 4.69) is 27.9 Å². The molecule has 1 heterocycles. The first kappa shape index (κ1) is 14.0. The maximum absolute atomic E-state index is 11.9. The molecule has 4 heteroatoms. The number of halogens is 1. The molecule has 0 aromatic carbocycles. The minimum Gasteiger partial charge on any atom is -0.341 e. The Morgan fingerprint density at radius 3 is 2.88 bits per heavy atom. The first-order chi connectivity index (χ1) is 7.65. The molecule has 1 fully saturated rings. The normalized spacial score (nSPS) is 22.1. The van der Waals surface area contributed by atoms with E-state index in [4.69, 9.17) is 0 Å². The van der Waals surface area contributed by atoms with Crippen LogP contribution in [-0.4, -0.2) is 54.3 Å². The lowest BCUT2D eigenvalue weighted by atomic mass is 10.0. The Bertz CT molecular complexity index is 223. The largest absolute Gasteiger partial charge is 0.341 e. The molecule has 94 valence electrons. The Balaban J connectivity index is 2.31. The summed E-state index contributed by atoms with van der Waals surface area (Å²) in [5.41, 5.74) is 0. The minimum absolute atomic E-state index is 0.307. The highest BCUT2D eigenvalue weighted by molar-refractivity contribution is 9.09. The molecule has 0 N–H and O–H groups in total. The maximum atomic E-state index is 11.9. The number of likely N-dealkylation sites (N-methyl/N-ethyl adjacent to an activating group) is 2. The number of hydrogen-bond donors (Lipinski definition) is 0. The lowest BCUT2D eigenvalue weighted by molar-refractivity contribution is -0.133. The van der Waals surface area contributed by atoms with Crippen molar-refractivity contribution in [1.29, 1.82) is 0 Å². The van der Waals surface area contributed by atoms with Gasteiger partial charge in [-0.3, -0.25) is 4.79 Å². The molecular weight excluding hydrogens is 268 g/mol. The van der Waals surface area contributed by atoms with Gasteiger partial charge in [-0.2, -0.15) is 0 Å². The number of carbonyl (C=O) groups excluding carboxylic acids is 1. The average molecular weight is 291 g/mol. The fourth-order valence-corrected chi connectivity index (χ4v) is 2.60. The summed E-state index contributed by atoms with van der Waals surface area (Å²) in [6.07, 6.45) is 5.15. The Morgan fingerprint density at radius 1 is 1.50 bits per heavy atom. The number of hydrogen-bond acceptors (Lipinski definition) is 2. The molecule has 3 nitrogen and oxygen atoms in total. The van der Waals surface area contributed by atoms with Crippen LogP contribution in [0.3, 0.4) is 0 Å². The van der Waals surface area contributed by atoms with Crippen molar-refractivity contribution < 1.29 is 4.79 Å². The summed E-state index contributed by atoms with van der Waals surface area (Å²) < 4.78 is 0. The van der Waals surface area contributed by atoms with Crippen LogP contribution in [0, 0.1) is 0 Å². The van der Waals surface area contributed by atoms with Gasteiger partial charge in [0.15, 0.2) is 0 Å². The molecule has 0 spiro atoms. The predicted octanol–water partition coefficient (Wildman–Crippen LogP) is 2.10. The van der Waals surface area contributed by atoms with E-state index in [-0.39, 0.29) is 0 Å². The molecule has 1 amide bonds. The van der Waals surface area contributed by atoms with Crippen molar-refractivity contribution in [2.24, 2.45) is 0 Å². The molecule has 0 aromatic rings. The summed E-state index contributed by atoms with van der Waals surface area (Å²) in [5.74, 6) is 0.307. The van der Waals surface area contributed by atoms with E-state index in [9.17, 15) is 4.79 Å². The van der Waals surface area contributed by atoms with Crippen LogP contribution >= 0.6 is 15.9 Å². The highest BCUT2D eigenvalue weighted by atomic mass is 79.9. The van der Waals surface area contributed by atoms with Gasteiger partial charge in [0.1, 0.15) is 0 Å². The fraction of sp³-hybridized carbons (Fsp3) is 0.917. The minimum atomic E-state index is 0.307. The molecule has 0 aromatic heterocycles. The highest BCUT2D eigenvalue weighted by Crippen LogP contribution is 2.14. The molecule has 0 radical (unpaired) electrons. The first-order valence-electron chi connectivity index (χ1n) is 6.15. The molecule has 1 saturated heterocycles. The molecule has 1 unspecified atom stereocenters. The molecule has 0 aliphatic carbocycles. The molecular formula is C12H23BrN2O. The second-order valence-corrected chi connectivity index (χ2v) is 5.50. The molecule has 1 aliphatic heterocycles. The quantitative estimate of drug-likeness (QED) is 0.572. The third-order valence-electron chi connectivity index (χ3n) is 3.31. The molecule has 1 atom stereocenters. The van der Waals surface area contributed by atoms with Gasteiger partial charge in [0.05, 0.1) is 0 Å². The smallest absolute Gasteiger partial charge is 0.222 e. The van der Waals surface area contributed by atoms with Crippen LogP contribution in [0.15, 0.2) is 0 Å². The van der Waals surface area contributed by atoms with Gasteiger partial charge in [0, 0.05) is 31.4 Å². The Labute approximate surface area is 107 Å². The number of nitrogens with zero attached hydrogens (tertiary/aromatic N) is 2. The molecule has 0 bridgehead atoms. The van der Waals surface area contributed by atoms with Crippen LogP contribution in [0.25, 0.3) is 0 Å². The first-order valence-corrected chi connectivity index (χ1v) is 7.27. The van der Waals surface area contributed by atoms with Crippen molar-refractivity contribution in [2.45, 2.75) is 38.1 Å². The monoisotopic (exact) mass is 290 g/mol. The maximum Gasteiger partial charge on any atom is 0.222 e. The van der Waals surface area contributed by atoms with Crippen LogP contribution in [-0.2, 0) is 4.79 Å². The van der Waals surface area contributed by atoms with Crippen molar-refractivity contribution in [1.82, 2.24) is 9.80 Å². The van der Waals surface area contributed by atoms with Crippen LogP contribution in [0.2, 0.25) is 0 Å². The van der Waals surface area contributed by atoms with E-state index in [1.54, 1.807) is 0 Å². The summed E-state index contributed by atoms with van der Waals surface area (Å²) in [6.45, 7) is 2.20. The van der Waals surface area contributed by atoms with E-state index >= 15 is 0 Å². The van der Waals surface area contributed by atoms with E-state index < -0.39 is 0 Å². The van der Waals surface area contributed by atoms with Gasteiger partial charge in [-0.15, -0.1) is 0 Å². The van der Waals surface area contributed by atoms with Crippen LogP contribution < -0.4 is 0 Å². The van der Waals surface area contributed by atoms with Crippen LogP contribution in [0.1, 0.15) is 32.1 Å². The summed E-state index contributed by atoms with van der Waals surface area (Å²) >= 11 is 3.39. The third-order valence-corrected chi connectivity index (χ3v) is 3.88. The zero-order valence-corrected chi connectivity index (χ0v) is 12.0. The molecule has 1 aliphatic rings. The van der Waals surface area contributed by atoms with Gasteiger partial charge in [0.2, 0.25) is 5.91 Å². The van der Waals surface area contributed by atoms with Crippen LogP contribution in [0.5, 0.6) is 0 Å². The second kappa shape index (κ2) is 7.28. The van der Waals surface area contributed by atoms with Gasteiger partial charge in [-0.05, 0) is 39.3 Å². The van der Waals surface area contributed by atoms with Crippen molar-refractivity contribution in [3.63, 3.8) is 0 Å². The molecule has 1 rings (SSSR count). The van der Waals surface area contributed by atoms with Gasteiger partial charge < -0.3 is 9.80 Å². The van der Waals surface area contributed by atoms with Gasteiger partial charge in [-0.1, -0.05) is 15.9 Å². The fourth-order valence-electron chi connectivity index (χ4n) is 2.21. The van der Waals surface area contributed by atoms with Crippen molar-refractivity contribution in [3.8, 4) is 0 Å². The highest BCUT2D eigenvalue weighted by Gasteiger charge is 2.23. The number of piperidine rings is 1. The van der Waals surface area contributed by atoms with Gasteiger partial charge in [-0.25, -0.2) is 0 Å². The lowest BCUT2D eigenvalue weighted by Crippen LogP contribution is -2.47. The van der Waals surface area contributed by atoms with Gasteiger partial charge >= 0.3 is 0 Å². The lowest BCUT2D eigenvalue weighted by Gasteiger charge is -2.35. The van der Waals surface area contributed by atoms with Gasteiger partial charge in [0.25, 0.3) is 0 Å². The Hall–Kier alpha value is -0.0900. The van der Waals surface area contributed by atoms with Crippen molar-refractivity contribution in [3.05, 3.63) is 0 Å². The zero-order chi connectivity index (χ0) is 12.0.